The van der Waals surface area contributed by atoms with Gasteiger partial charge in [0, 0.05) is 13.1 Å². The van der Waals surface area contributed by atoms with Crippen molar-refractivity contribution < 1.29 is 14.3 Å². The summed E-state index contributed by atoms with van der Waals surface area (Å²) < 4.78 is 6.17. The highest BCUT2D eigenvalue weighted by Gasteiger charge is 2.32. The van der Waals surface area contributed by atoms with E-state index in [0.717, 1.165) is 10.2 Å². The molecule has 14 heavy (non-hydrogen) atoms. The van der Waals surface area contributed by atoms with Crippen LogP contribution in [-0.4, -0.2) is 29.1 Å². The Kier molecular flexibility index (Phi) is 2.60. The zero-order valence-electron chi connectivity index (χ0n) is 7.44. The maximum atomic E-state index is 10.5. The van der Waals surface area contributed by atoms with Crippen molar-refractivity contribution in [1.29, 1.82) is 0 Å². The molecule has 5 heteroatoms. The molecule has 1 aromatic rings. The Hall–Kier alpha value is -0.810. The van der Waals surface area contributed by atoms with Gasteiger partial charge in [0.1, 0.15) is 5.76 Å². The Morgan fingerprint density at radius 3 is 2.93 bits per heavy atom. The van der Waals surface area contributed by atoms with Crippen molar-refractivity contribution in [3.63, 3.8) is 0 Å². The van der Waals surface area contributed by atoms with Crippen LogP contribution in [0.3, 0.4) is 0 Å². The van der Waals surface area contributed by atoms with E-state index in [0.29, 0.717) is 19.6 Å². The molecule has 1 aliphatic heterocycles. The number of aliphatic carboxylic acids is 1. The van der Waals surface area contributed by atoms with Gasteiger partial charge in [0.15, 0.2) is 0 Å². The van der Waals surface area contributed by atoms with Crippen molar-refractivity contribution in [3.05, 3.63) is 22.6 Å². The summed E-state index contributed by atoms with van der Waals surface area (Å²) in [7, 11) is 0. The van der Waals surface area contributed by atoms with Gasteiger partial charge in [-0.05, 0) is 22.0 Å². The van der Waals surface area contributed by atoms with Gasteiger partial charge in [0.25, 0.3) is 0 Å². The first-order valence-corrected chi connectivity index (χ1v) is 5.13. The summed E-state index contributed by atoms with van der Waals surface area (Å²) in [5, 5.41) is 8.67. The van der Waals surface area contributed by atoms with Crippen molar-refractivity contribution in [3.8, 4) is 0 Å². The summed E-state index contributed by atoms with van der Waals surface area (Å²) in [4.78, 5) is 12.6. The lowest BCUT2D eigenvalue weighted by Gasteiger charge is -2.35. The fourth-order valence-corrected chi connectivity index (χ4v) is 1.82. The van der Waals surface area contributed by atoms with Crippen LogP contribution in [0.2, 0.25) is 0 Å². The van der Waals surface area contributed by atoms with Crippen LogP contribution in [0.4, 0.5) is 0 Å². The second-order valence-corrected chi connectivity index (χ2v) is 4.28. The van der Waals surface area contributed by atoms with Crippen LogP contribution in [0, 0.1) is 5.92 Å². The van der Waals surface area contributed by atoms with Crippen LogP contribution in [0.15, 0.2) is 21.2 Å². The topological polar surface area (TPSA) is 53.7 Å². The fourth-order valence-electron chi connectivity index (χ4n) is 1.50. The van der Waals surface area contributed by atoms with E-state index in [1.54, 1.807) is 6.26 Å². The highest BCUT2D eigenvalue weighted by atomic mass is 79.9. The molecule has 76 valence electrons. The molecular formula is C9H10BrNO3. The Balaban J connectivity index is 1.85. The van der Waals surface area contributed by atoms with Gasteiger partial charge in [-0.2, -0.15) is 0 Å². The van der Waals surface area contributed by atoms with Gasteiger partial charge in [0.2, 0.25) is 0 Å². The molecule has 0 atom stereocenters. The third kappa shape index (κ3) is 1.83. The minimum Gasteiger partial charge on any atom is -0.481 e. The lowest BCUT2D eigenvalue weighted by atomic mass is 10.0. The highest BCUT2D eigenvalue weighted by molar-refractivity contribution is 9.10. The molecule has 4 nitrogen and oxygen atoms in total. The molecule has 0 aliphatic carbocycles. The van der Waals surface area contributed by atoms with Crippen LogP contribution >= 0.6 is 15.9 Å². The molecule has 1 aromatic heterocycles. The summed E-state index contributed by atoms with van der Waals surface area (Å²) in [5.74, 6) is -0.0580. The molecule has 2 heterocycles. The Bertz CT molecular complexity index is 344. The van der Waals surface area contributed by atoms with E-state index in [1.165, 1.54) is 0 Å². The smallest absolute Gasteiger partial charge is 0.309 e. The molecule has 0 aromatic carbocycles. The maximum absolute atomic E-state index is 10.5. The average molecular weight is 260 g/mol. The molecule has 1 aliphatic rings. The first-order valence-electron chi connectivity index (χ1n) is 4.34. The predicted molar refractivity (Wildman–Crippen MR) is 52.8 cm³/mol. The van der Waals surface area contributed by atoms with Crippen LogP contribution in [-0.2, 0) is 11.3 Å². The van der Waals surface area contributed by atoms with Gasteiger partial charge < -0.3 is 9.52 Å². The number of furan rings is 1. The molecule has 0 spiro atoms. The van der Waals surface area contributed by atoms with E-state index in [4.69, 9.17) is 9.52 Å². The van der Waals surface area contributed by atoms with Gasteiger partial charge in [-0.3, -0.25) is 9.69 Å². The minimum atomic E-state index is -0.709. The van der Waals surface area contributed by atoms with E-state index >= 15 is 0 Å². The van der Waals surface area contributed by atoms with Crippen molar-refractivity contribution >= 4 is 21.9 Å². The minimum absolute atomic E-state index is 0.205. The number of halogens is 1. The zero-order valence-corrected chi connectivity index (χ0v) is 9.03. The van der Waals surface area contributed by atoms with E-state index in [2.05, 4.69) is 15.9 Å². The molecular weight excluding hydrogens is 250 g/mol. The standard InChI is InChI=1S/C9H10BrNO3/c10-7-1-2-14-8(7)5-11-3-6(4-11)9(12)13/h1-2,6H,3-5H2,(H,12,13). The molecule has 0 radical (unpaired) electrons. The largest absolute Gasteiger partial charge is 0.481 e. The second-order valence-electron chi connectivity index (χ2n) is 3.42. The fraction of sp³-hybridized carbons (Fsp3) is 0.444. The quantitative estimate of drug-likeness (QED) is 0.896. The van der Waals surface area contributed by atoms with Gasteiger partial charge in [0.05, 0.1) is 23.2 Å². The molecule has 2 rings (SSSR count). The average Bonchev–Trinajstić information content (AvgIpc) is 2.42. The van der Waals surface area contributed by atoms with Crippen LogP contribution in [0.1, 0.15) is 5.76 Å². The first-order chi connectivity index (χ1) is 6.66. The maximum Gasteiger partial charge on any atom is 0.309 e. The number of rotatable bonds is 3. The molecule has 1 saturated heterocycles. The molecule has 1 fully saturated rings. The van der Waals surface area contributed by atoms with Crippen molar-refractivity contribution in [2.45, 2.75) is 6.54 Å². The molecule has 0 amide bonds. The summed E-state index contributed by atoms with van der Waals surface area (Å²) in [6, 6.07) is 1.84. The van der Waals surface area contributed by atoms with Crippen LogP contribution < -0.4 is 0 Å². The van der Waals surface area contributed by atoms with Gasteiger partial charge in [-0.15, -0.1) is 0 Å². The third-order valence-electron chi connectivity index (χ3n) is 2.36. The summed E-state index contributed by atoms with van der Waals surface area (Å²) >= 11 is 3.36. The van der Waals surface area contributed by atoms with Gasteiger partial charge in [-0.1, -0.05) is 0 Å². The van der Waals surface area contributed by atoms with Gasteiger partial charge >= 0.3 is 5.97 Å². The number of carboxylic acid groups (broad SMARTS) is 1. The molecule has 0 unspecified atom stereocenters. The Morgan fingerprint density at radius 2 is 2.43 bits per heavy atom. The zero-order chi connectivity index (χ0) is 10.1. The van der Waals surface area contributed by atoms with Crippen molar-refractivity contribution in [2.24, 2.45) is 5.92 Å². The summed E-state index contributed by atoms with van der Waals surface area (Å²) in [5.41, 5.74) is 0. The second kappa shape index (κ2) is 3.74. The van der Waals surface area contributed by atoms with E-state index in [1.807, 2.05) is 11.0 Å². The predicted octanol–water partition coefficient (Wildman–Crippen LogP) is 1.56. The van der Waals surface area contributed by atoms with Crippen LogP contribution in [0.25, 0.3) is 0 Å². The normalized spacial score (nSPS) is 18.1. The molecule has 1 N–H and O–H groups in total. The van der Waals surface area contributed by atoms with Crippen molar-refractivity contribution in [2.75, 3.05) is 13.1 Å². The lowest BCUT2D eigenvalue weighted by Crippen LogP contribution is -2.49. The summed E-state index contributed by atoms with van der Waals surface area (Å²) in [6.45, 7) is 1.91. The number of carbonyl (C=O) groups is 1. The lowest BCUT2D eigenvalue weighted by molar-refractivity contribution is -0.147. The SMILES string of the molecule is O=C(O)C1CN(Cc2occc2Br)C1. The van der Waals surface area contributed by atoms with Crippen molar-refractivity contribution in [1.82, 2.24) is 4.90 Å². The van der Waals surface area contributed by atoms with Crippen LogP contribution in [0.5, 0.6) is 0 Å². The number of nitrogens with zero attached hydrogens (tertiary/aromatic N) is 1. The Morgan fingerprint density at radius 1 is 1.71 bits per heavy atom. The molecule has 0 bridgehead atoms. The van der Waals surface area contributed by atoms with E-state index < -0.39 is 5.97 Å². The van der Waals surface area contributed by atoms with E-state index in [9.17, 15) is 4.79 Å². The van der Waals surface area contributed by atoms with E-state index in [-0.39, 0.29) is 5.92 Å². The first kappa shape index (κ1) is 9.73. The number of likely N-dealkylation sites (tertiary alicyclic amines) is 1. The number of hydrogen-bond donors (Lipinski definition) is 1. The Labute approximate surface area is 89.6 Å². The summed E-state index contributed by atoms with van der Waals surface area (Å²) in [6.07, 6.45) is 1.62. The monoisotopic (exact) mass is 259 g/mol. The number of carboxylic acids is 1. The number of hydrogen-bond acceptors (Lipinski definition) is 3. The third-order valence-corrected chi connectivity index (χ3v) is 3.07. The van der Waals surface area contributed by atoms with Gasteiger partial charge in [-0.25, -0.2) is 0 Å². The highest BCUT2D eigenvalue weighted by Crippen LogP contribution is 2.23. The molecule has 0 saturated carbocycles.